The molecular weight excluding hydrogens is 364 g/mol. The molecule has 0 aliphatic rings. The molecule has 0 bridgehead atoms. The van der Waals surface area contributed by atoms with Gasteiger partial charge < -0.3 is 10.1 Å². The van der Waals surface area contributed by atoms with E-state index < -0.39 is 28.0 Å². The number of ether oxygens (including phenoxy) is 1. The van der Waals surface area contributed by atoms with Gasteiger partial charge in [0.25, 0.3) is 5.91 Å². The maximum absolute atomic E-state index is 12.2. The molecule has 1 amide bonds. The predicted octanol–water partition coefficient (Wildman–Crippen LogP) is 1.82. The Morgan fingerprint density at radius 2 is 1.84 bits per heavy atom. The van der Waals surface area contributed by atoms with Crippen molar-refractivity contribution in [1.82, 2.24) is 5.32 Å². The Bertz CT molecular complexity index is 862. The molecule has 2 rings (SSSR count). The Balaban J connectivity index is 1.96. The lowest BCUT2D eigenvalue weighted by Crippen LogP contribution is -2.37. The fourth-order valence-electron chi connectivity index (χ4n) is 2.01. The number of rotatable bonds is 6. The van der Waals surface area contributed by atoms with Gasteiger partial charge in [-0.05, 0) is 25.5 Å². The van der Waals surface area contributed by atoms with Gasteiger partial charge in [0.1, 0.15) is 4.21 Å². The molecule has 134 valence electrons. The Kier molecular flexibility index (Phi) is 5.93. The van der Waals surface area contributed by atoms with Crippen molar-refractivity contribution in [2.45, 2.75) is 30.2 Å². The molecule has 0 spiro atoms. The maximum Gasteiger partial charge on any atom is 0.339 e. The number of benzene rings is 1. The SMILES string of the molecule is C[C@H](OC(=O)c1csc(S(N)(=O)=O)c1)C(=O)N[C@@H](C)c1ccccc1. The van der Waals surface area contributed by atoms with Crippen LogP contribution in [0.1, 0.15) is 35.8 Å². The first-order chi connectivity index (χ1) is 11.7. The molecule has 2 aromatic rings. The number of primary sulfonamides is 1. The van der Waals surface area contributed by atoms with Crippen molar-refractivity contribution in [3.63, 3.8) is 0 Å². The van der Waals surface area contributed by atoms with Gasteiger partial charge >= 0.3 is 5.97 Å². The third-order valence-electron chi connectivity index (χ3n) is 3.40. The van der Waals surface area contributed by atoms with E-state index in [1.165, 1.54) is 12.3 Å². The van der Waals surface area contributed by atoms with Crippen molar-refractivity contribution in [2.24, 2.45) is 5.14 Å². The summed E-state index contributed by atoms with van der Waals surface area (Å²) in [6.45, 7) is 3.26. The van der Waals surface area contributed by atoms with E-state index in [-0.39, 0.29) is 15.8 Å². The quantitative estimate of drug-likeness (QED) is 0.739. The molecule has 9 heteroatoms. The van der Waals surface area contributed by atoms with E-state index in [1.54, 1.807) is 0 Å². The molecule has 2 atom stereocenters. The van der Waals surface area contributed by atoms with Gasteiger partial charge in [0.05, 0.1) is 11.6 Å². The van der Waals surface area contributed by atoms with Gasteiger partial charge in [0.15, 0.2) is 6.10 Å². The molecule has 0 fully saturated rings. The molecule has 0 saturated heterocycles. The van der Waals surface area contributed by atoms with Crippen molar-refractivity contribution in [3.8, 4) is 0 Å². The average Bonchev–Trinajstić information content (AvgIpc) is 3.06. The van der Waals surface area contributed by atoms with Crippen LogP contribution >= 0.6 is 11.3 Å². The summed E-state index contributed by atoms with van der Waals surface area (Å²) < 4.78 is 27.4. The number of nitrogens with two attached hydrogens (primary N) is 1. The second-order valence-corrected chi connectivity index (χ2v) is 8.09. The number of carbonyl (C=O) groups excluding carboxylic acids is 2. The summed E-state index contributed by atoms with van der Waals surface area (Å²) in [7, 11) is -3.88. The van der Waals surface area contributed by atoms with Crippen LogP contribution in [0.2, 0.25) is 0 Å². The van der Waals surface area contributed by atoms with Crippen molar-refractivity contribution in [1.29, 1.82) is 0 Å². The Morgan fingerprint density at radius 1 is 1.20 bits per heavy atom. The number of hydrogen-bond donors (Lipinski definition) is 2. The van der Waals surface area contributed by atoms with Crippen LogP contribution in [0, 0.1) is 0 Å². The fraction of sp³-hybridized carbons (Fsp3) is 0.250. The summed E-state index contributed by atoms with van der Waals surface area (Å²) in [4.78, 5) is 24.2. The zero-order chi connectivity index (χ0) is 18.6. The zero-order valence-corrected chi connectivity index (χ0v) is 15.3. The monoisotopic (exact) mass is 382 g/mol. The summed E-state index contributed by atoms with van der Waals surface area (Å²) in [6, 6.07) is 10.2. The van der Waals surface area contributed by atoms with E-state index in [0.717, 1.165) is 23.0 Å². The number of amides is 1. The summed E-state index contributed by atoms with van der Waals surface area (Å²) in [5.74, 6) is -1.24. The maximum atomic E-state index is 12.2. The lowest BCUT2D eigenvalue weighted by molar-refractivity contribution is -0.129. The lowest BCUT2D eigenvalue weighted by Gasteiger charge is -2.18. The lowest BCUT2D eigenvalue weighted by atomic mass is 10.1. The van der Waals surface area contributed by atoms with E-state index in [0.29, 0.717) is 0 Å². The number of carbonyl (C=O) groups is 2. The highest BCUT2D eigenvalue weighted by atomic mass is 32.2. The van der Waals surface area contributed by atoms with Gasteiger partial charge in [-0.25, -0.2) is 18.4 Å². The molecule has 7 nitrogen and oxygen atoms in total. The molecule has 0 unspecified atom stereocenters. The van der Waals surface area contributed by atoms with E-state index in [1.807, 2.05) is 37.3 Å². The molecule has 1 heterocycles. The minimum Gasteiger partial charge on any atom is -0.449 e. The van der Waals surface area contributed by atoms with Crippen LogP contribution in [0.5, 0.6) is 0 Å². The summed E-state index contributed by atoms with van der Waals surface area (Å²) in [5.41, 5.74) is 0.954. The van der Waals surface area contributed by atoms with E-state index in [9.17, 15) is 18.0 Å². The number of sulfonamides is 1. The third kappa shape index (κ3) is 5.12. The molecule has 0 aliphatic heterocycles. The first-order valence-electron chi connectivity index (χ1n) is 7.36. The van der Waals surface area contributed by atoms with Gasteiger partial charge in [-0.2, -0.15) is 0 Å². The van der Waals surface area contributed by atoms with Gasteiger partial charge in [-0.3, -0.25) is 4.79 Å². The van der Waals surface area contributed by atoms with Gasteiger partial charge in [0.2, 0.25) is 10.0 Å². The van der Waals surface area contributed by atoms with Crippen LogP contribution < -0.4 is 10.5 Å². The largest absolute Gasteiger partial charge is 0.449 e. The summed E-state index contributed by atoms with van der Waals surface area (Å²) >= 11 is 0.814. The highest BCUT2D eigenvalue weighted by Crippen LogP contribution is 2.20. The second kappa shape index (κ2) is 7.77. The van der Waals surface area contributed by atoms with Crippen LogP contribution in [0.4, 0.5) is 0 Å². The predicted molar refractivity (Wildman–Crippen MR) is 93.6 cm³/mol. The number of thiophene rings is 1. The topological polar surface area (TPSA) is 116 Å². The number of esters is 1. The second-order valence-electron chi connectivity index (χ2n) is 5.39. The highest BCUT2D eigenvalue weighted by Gasteiger charge is 2.22. The standard InChI is InChI=1S/C16H18N2O5S2/c1-10(12-6-4-3-5-7-12)18-15(19)11(2)23-16(20)13-8-14(24-9-13)25(17,21)22/h3-11H,1-2H3,(H,18,19)(H2,17,21,22)/t10-,11-/m0/s1. The van der Waals surface area contributed by atoms with Crippen LogP contribution in [-0.4, -0.2) is 26.4 Å². The number of hydrogen-bond acceptors (Lipinski definition) is 6. The van der Waals surface area contributed by atoms with Crippen LogP contribution in [0.15, 0.2) is 46.0 Å². The van der Waals surface area contributed by atoms with E-state index in [4.69, 9.17) is 9.88 Å². The Hall–Kier alpha value is -2.23. The molecule has 0 saturated carbocycles. The van der Waals surface area contributed by atoms with Crippen molar-refractivity contribution in [2.75, 3.05) is 0 Å². The highest BCUT2D eigenvalue weighted by molar-refractivity contribution is 7.91. The van der Waals surface area contributed by atoms with Crippen LogP contribution in [0.3, 0.4) is 0 Å². The molecule has 0 radical (unpaired) electrons. The fourth-order valence-corrected chi connectivity index (χ4v) is 3.59. The smallest absolute Gasteiger partial charge is 0.339 e. The van der Waals surface area contributed by atoms with Gasteiger partial charge in [-0.15, -0.1) is 11.3 Å². The molecule has 25 heavy (non-hydrogen) atoms. The third-order valence-corrected chi connectivity index (χ3v) is 5.79. The molecule has 0 aliphatic carbocycles. The average molecular weight is 382 g/mol. The van der Waals surface area contributed by atoms with Gasteiger partial charge in [0, 0.05) is 5.38 Å². The zero-order valence-electron chi connectivity index (χ0n) is 13.6. The first kappa shape index (κ1) is 19.1. The Labute approximate surface area is 149 Å². The summed E-state index contributed by atoms with van der Waals surface area (Å²) in [6.07, 6.45) is -1.03. The minimum atomic E-state index is -3.88. The Morgan fingerprint density at radius 3 is 2.40 bits per heavy atom. The van der Waals surface area contributed by atoms with Crippen molar-refractivity contribution in [3.05, 3.63) is 52.9 Å². The molecule has 1 aromatic carbocycles. The van der Waals surface area contributed by atoms with E-state index >= 15 is 0 Å². The van der Waals surface area contributed by atoms with E-state index in [2.05, 4.69) is 5.32 Å². The summed E-state index contributed by atoms with van der Waals surface area (Å²) in [5, 5.41) is 9.07. The van der Waals surface area contributed by atoms with Crippen molar-refractivity contribution >= 4 is 33.2 Å². The van der Waals surface area contributed by atoms with Gasteiger partial charge in [-0.1, -0.05) is 30.3 Å². The first-order valence-corrected chi connectivity index (χ1v) is 9.78. The number of nitrogens with one attached hydrogen (secondary N) is 1. The van der Waals surface area contributed by atoms with Crippen LogP contribution in [0.25, 0.3) is 0 Å². The van der Waals surface area contributed by atoms with Crippen molar-refractivity contribution < 1.29 is 22.7 Å². The van der Waals surface area contributed by atoms with Crippen LogP contribution in [-0.2, 0) is 19.6 Å². The molecule has 1 aromatic heterocycles. The minimum absolute atomic E-state index is 0.0322. The normalized spacial score (nSPS) is 13.7. The molecular formula is C16H18N2O5S2. The molecule has 3 N–H and O–H groups in total.